The maximum atomic E-state index is 11.7. The summed E-state index contributed by atoms with van der Waals surface area (Å²) in [6, 6.07) is 0. The first kappa shape index (κ1) is 10.5. The van der Waals surface area contributed by atoms with Crippen molar-refractivity contribution in [2.24, 2.45) is 0 Å². The van der Waals surface area contributed by atoms with E-state index in [4.69, 9.17) is 4.74 Å². The Morgan fingerprint density at radius 2 is 2.67 bits per heavy atom. The molecule has 2 N–H and O–H groups in total. The average Bonchev–Trinajstić information content (AvgIpc) is 2.65. The molecule has 0 unspecified atom stereocenters. The van der Waals surface area contributed by atoms with Crippen molar-refractivity contribution in [2.45, 2.75) is 13.0 Å². The molecule has 1 aromatic heterocycles. The van der Waals surface area contributed by atoms with Crippen molar-refractivity contribution in [1.82, 2.24) is 10.3 Å². The molecule has 1 saturated heterocycles. The number of nitrogens with one attached hydrogen (secondary N) is 2. The summed E-state index contributed by atoms with van der Waals surface area (Å²) in [4.78, 5) is 16.8. The maximum Gasteiger partial charge on any atom is 0.256 e. The van der Waals surface area contributed by atoms with Crippen molar-refractivity contribution in [3.8, 4) is 0 Å². The van der Waals surface area contributed by atoms with Crippen LogP contribution in [-0.4, -0.2) is 36.7 Å². The van der Waals surface area contributed by atoms with Crippen LogP contribution in [0.3, 0.4) is 0 Å². The van der Waals surface area contributed by atoms with Crippen LogP contribution >= 0.6 is 11.3 Å². The van der Waals surface area contributed by atoms with Crippen LogP contribution in [0.15, 0.2) is 6.20 Å². The van der Waals surface area contributed by atoms with E-state index in [-0.39, 0.29) is 5.91 Å². The lowest BCUT2D eigenvalue weighted by Gasteiger charge is -2.22. The molecule has 1 aliphatic heterocycles. The molecule has 2 heterocycles. The second-order valence-electron chi connectivity index (χ2n) is 3.33. The van der Waals surface area contributed by atoms with Gasteiger partial charge in [0, 0.05) is 24.2 Å². The van der Waals surface area contributed by atoms with Crippen molar-refractivity contribution < 1.29 is 9.53 Å². The minimum Gasteiger partial charge on any atom is -0.366 e. The molecule has 6 heteroatoms. The molecule has 1 atom stereocenters. The van der Waals surface area contributed by atoms with Crippen LogP contribution in [0.1, 0.15) is 4.88 Å². The molecule has 1 amide bonds. The minimum atomic E-state index is -0.400. The Hall–Kier alpha value is -0.980. The number of hydrogen-bond acceptors (Lipinski definition) is 5. The van der Waals surface area contributed by atoms with Gasteiger partial charge in [-0.2, -0.15) is 0 Å². The van der Waals surface area contributed by atoms with Crippen LogP contribution in [0.4, 0.5) is 5.13 Å². The molecule has 82 valence electrons. The number of aromatic nitrogens is 1. The lowest BCUT2D eigenvalue weighted by Crippen LogP contribution is -2.45. The summed E-state index contributed by atoms with van der Waals surface area (Å²) in [6.07, 6.45) is 1.34. The van der Waals surface area contributed by atoms with Gasteiger partial charge in [0.25, 0.3) is 5.91 Å². The first-order valence-electron chi connectivity index (χ1n) is 4.81. The number of ether oxygens (including phenoxy) is 1. The van der Waals surface area contributed by atoms with Gasteiger partial charge in [0.05, 0.1) is 6.61 Å². The molecule has 0 aromatic carbocycles. The SMILES string of the molecule is Cc1cnc(NC(=O)[C@@H]2CNCCO2)s1. The smallest absolute Gasteiger partial charge is 0.256 e. The summed E-state index contributed by atoms with van der Waals surface area (Å²) in [6.45, 7) is 3.90. The van der Waals surface area contributed by atoms with Crippen LogP contribution in [0, 0.1) is 6.92 Å². The Morgan fingerprint density at radius 3 is 3.27 bits per heavy atom. The van der Waals surface area contributed by atoms with Crippen LogP contribution < -0.4 is 10.6 Å². The first-order chi connectivity index (χ1) is 7.25. The van der Waals surface area contributed by atoms with Gasteiger partial charge in [-0.15, -0.1) is 11.3 Å². The monoisotopic (exact) mass is 227 g/mol. The number of thiazole rings is 1. The predicted molar refractivity (Wildman–Crippen MR) is 58.1 cm³/mol. The normalized spacial score (nSPS) is 21.3. The standard InChI is InChI=1S/C9H13N3O2S/c1-6-4-11-9(15-6)12-8(13)7-5-10-2-3-14-7/h4,7,10H,2-3,5H2,1H3,(H,11,12,13)/t7-/m0/s1. The predicted octanol–water partition coefficient (Wildman–Crippen LogP) is 0.378. The number of amides is 1. The number of carbonyl (C=O) groups is 1. The minimum absolute atomic E-state index is 0.128. The van der Waals surface area contributed by atoms with Gasteiger partial charge in [-0.1, -0.05) is 0 Å². The average molecular weight is 227 g/mol. The molecule has 0 spiro atoms. The molecule has 1 aromatic rings. The summed E-state index contributed by atoms with van der Waals surface area (Å²) in [7, 11) is 0. The molecule has 0 saturated carbocycles. The van der Waals surface area contributed by atoms with E-state index in [0.717, 1.165) is 11.4 Å². The van der Waals surface area contributed by atoms with E-state index in [1.807, 2.05) is 6.92 Å². The largest absolute Gasteiger partial charge is 0.366 e. The number of carbonyl (C=O) groups excluding carboxylic acids is 1. The Morgan fingerprint density at radius 1 is 1.80 bits per heavy atom. The third kappa shape index (κ3) is 2.74. The highest BCUT2D eigenvalue weighted by Gasteiger charge is 2.22. The molecule has 0 bridgehead atoms. The van der Waals surface area contributed by atoms with Gasteiger partial charge in [-0.05, 0) is 6.92 Å². The molecule has 5 nitrogen and oxygen atoms in total. The summed E-state index contributed by atoms with van der Waals surface area (Å²) in [5.41, 5.74) is 0. The van der Waals surface area contributed by atoms with Crippen LogP contribution in [-0.2, 0) is 9.53 Å². The number of anilines is 1. The molecule has 0 radical (unpaired) electrons. The molecular formula is C9H13N3O2S. The van der Waals surface area contributed by atoms with Gasteiger partial charge in [0.1, 0.15) is 6.10 Å². The molecule has 2 rings (SSSR count). The maximum absolute atomic E-state index is 11.7. The van der Waals surface area contributed by atoms with Crippen LogP contribution in [0.25, 0.3) is 0 Å². The van der Waals surface area contributed by atoms with Crippen LogP contribution in [0.2, 0.25) is 0 Å². The fraction of sp³-hybridized carbons (Fsp3) is 0.556. The Labute approximate surface area is 91.9 Å². The number of rotatable bonds is 2. The van der Waals surface area contributed by atoms with E-state index in [2.05, 4.69) is 15.6 Å². The highest BCUT2D eigenvalue weighted by molar-refractivity contribution is 7.15. The van der Waals surface area contributed by atoms with E-state index in [9.17, 15) is 4.79 Å². The third-order valence-electron chi connectivity index (χ3n) is 2.07. The zero-order valence-corrected chi connectivity index (χ0v) is 9.26. The summed E-state index contributed by atoms with van der Waals surface area (Å²) in [5, 5.41) is 6.47. The lowest BCUT2D eigenvalue weighted by molar-refractivity contribution is -0.128. The van der Waals surface area contributed by atoms with Crippen molar-refractivity contribution in [3.05, 3.63) is 11.1 Å². The second-order valence-corrected chi connectivity index (χ2v) is 4.56. The molecular weight excluding hydrogens is 214 g/mol. The van der Waals surface area contributed by atoms with Gasteiger partial charge in [0.2, 0.25) is 0 Å². The zero-order chi connectivity index (χ0) is 10.7. The topological polar surface area (TPSA) is 63.2 Å². The third-order valence-corrected chi connectivity index (χ3v) is 2.90. The van der Waals surface area contributed by atoms with Crippen molar-refractivity contribution in [2.75, 3.05) is 25.0 Å². The van der Waals surface area contributed by atoms with Crippen molar-refractivity contribution in [3.63, 3.8) is 0 Å². The second kappa shape index (κ2) is 4.69. The van der Waals surface area contributed by atoms with E-state index in [0.29, 0.717) is 18.3 Å². The summed E-state index contributed by atoms with van der Waals surface area (Å²) in [5.74, 6) is -0.128. The Balaban J connectivity index is 1.91. The van der Waals surface area contributed by atoms with Gasteiger partial charge >= 0.3 is 0 Å². The molecule has 1 fully saturated rings. The van der Waals surface area contributed by atoms with Crippen LogP contribution in [0.5, 0.6) is 0 Å². The van der Waals surface area contributed by atoms with E-state index in [1.165, 1.54) is 11.3 Å². The summed E-state index contributed by atoms with van der Waals surface area (Å²) < 4.78 is 5.32. The first-order valence-corrected chi connectivity index (χ1v) is 5.63. The van der Waals surface area contributed by atoms with Crippen molar-refractivity contribution in [1.29, 1.82) is 0 Å². The molecule has 0 aliphatic carbocycles. The highest BCUT2D eigenvalue weighted by atomic mass is 32.1. The number of hydrogen-bond donors (Lipinski definition) is 2. The quantitative estimate of drug-likeness (QED) is 0.766. The van der Waals surface area contributed by atoms with Gasteiger partial charge in [0.15, 0.2) is 5.13 Å². The number of nitrogens with zero attached hydrogens (tertiary/aromatic N) is 1. The molecule has 1 aliphatic rings. The Bertz CT molecular complexity index is 347. The van der Waals surface area contributed by atoms with E-state index >= 15 is 0 Å². The lowest BCUT2D eigenvalue weighted by atomic mass is 10.3. The fourth-order valence-corrected chi connectivity index (χ4v) is 2.00. The Kier molecular flexibility index (Phi) is 3.30. The van der Waals surface area contributed by atoms with Crippen molar-refractivity contribution >= 4 is 22.4 Å². The van der Waals surface area contributed by atoms with E-state index in [1.54, 1.807) is 6.20 Å². The van der Waals surface area contributed by atoms with Gasteiger partial charge in [-0.25, -0.2) is 4.98 Å². The highest BCUT2D eigenvalue weighted by Crippen LogP contribution is 2.16. The van der Waals surface area contributed by atoms with E-state index < -0.39 is 6.10 Å². The van der Waals surface area contributed by atoms with Gasteiger partial charge < -0.3 is 10.1 Å². The number of morpholine rings is 1. The zero-order valence-electron chi connectivity index (χ0n) is 8.45. The number of aryl methyl sites for hydroxylation is 1. The fourth-order valence-electron chi connectivity index (χ4n) is 1.33. The summed E-state index contributed by atoms with van der Waals surface area (Å²) >= 11 is 1.46. The van der Waals surface area contributed by atoms with Gasteiger partial charge in [-0.3, -0.25) is 10.1 Å². The molecule has 15 heavy (non-hydrogen) atoms.